The molecule has 0 aromatic heterocycles. The molecule has 0 saturated heterocycles. The summed E-state index contributed by atoms with van der Waals surface area (Å²) in [7, 11) is 2.12. The van der Waals surface area contributed by atoms with Crippen molar-refractivity contribution in [1.29, 1.82) is 0 Å². The van der Waals surface area contributed by atoms with E-state index >= 15 is 0 Å². The molecule has 0 aliphatic heterocycles. The number of rotatable bonds is 6. The van der Waals surface area contributed by atoms with Crippen LogP contribution >= 0.6 is 0 Å². The highest BCUT2D eigenvalue weighted by Gasteiger charge is 2.14. The van der Waals surface area contributed by atoms with Crippen molar-refractivity contribution < 1.29 is 0 Å². The summed E-state index contributed by atoms with van der Waals surface area (Å²) in [5, 5.41) is 2.43. The fourth-order valence-corrected chi connectivity index (χ4v) is 5.32. The molecule has 0 unspecified atom stereocenters. The van der Waals surface area contributed by atoms with E-state index in [-0.39, 0.29) is 0 Å². The van der Waals surface area contributed by atoms with Gasteiger partial charge in [-0.25, -0.2) is 0 Å². The number of hydrogen-bond donors (Lipinski definition) is 0. The molecule has 1 aliphatic carbocycles. The van der Waals surface area contributed by atoms with Crippen molar-refractivity contribution >= 4 is 34.9 Å². The van der Waals surface area contributed by atoms with E-state index in [9.17, 15) is 0 Å². The zero-order valence-corrected chi connectivity index (χ0v) is 23.9. The first-order chi connectivity index (χ1) is 20.7. The van der Waals surface area contributed by atoms with Crippen molar-refractivity contribution in [2.24, 2.45) is 0 Å². The Labute approximate surface area is 248 Å². The van der Waals surface area contributed by atoms with Gasteiger partial charge in [-0.05, 0) is 94.2 Å². The largest absolute Gasteiger partial charge is 0.345 e. The number of benzene rings is 5. The lowest BCUT2D eigenvalue weighted by Gasteiger charge is -2.27. The predicted octanol–water partition coefficient (Wildman–Crippen LogP) is 8.92. The number of likely N-dealkylation sites (N-methyl/N-ethyl adjacent to an activating group) is 1. The van der Waals surface area contributed by atoms with Gasteiger partial charge in [0.2, 0.25) is 0 Å². The minimum Gasteiger partial charge on any atom is -0.345 e. The van der Waals surface area contributed by atoms with Crippen LogP contribution < -0.4 is 20.2 Å². The van der Waals surface area contributed by atoms with Crippen LogP contribution in [-0.2, 0) is 0 Å². The monoisotopic (exact) mass is 542 g/mol. The molecular weight excluding hydrogens is 508 g/mol. The fraction of sp³-hybridized carbons (Fsp3) is 0.0500. The van der Waals surface area contributed by atoms with Gasteiger partial charge in [0.25, 0.3) is 0 Å². The van der Waals surface area contributed by atoms with Crippen molar-refractivity contribution in [2.45, 2.75) is 6.42 Å². The van der Waals surface area contributed by atoms with Gasteiger partial charge in [0, 0.05) is 35.5 Å². The average molecular weight is 543 g/mol. The molecule has 42 heavy (non-hydrogen) atoms. The molecule has 204 valence electrons. The normalized spacial score (nSPS) is 16.4. The van der Waals surface area contributed by atoms with Crippen LogP contribution in [0.4, 0.5) is 22.7 Å². The number of hydrogen-bond acceptors (Lipinski definition) is 2. The van der Waals surface area contributed by atoms with Crippen molar-refractivity contribution in [2.75, 3.05) is 16.8 Å². The van der Waals surface area contributed by atoms with Crippen LogP contribution in [-0.4, -0.2) is 7.05 Å². The molecule has 0 N–H and O–H groups in total. The molecule has 2 nitrogen and oxygen atoms in total. The lowest BCUT2D eigenvalue weighted by atomic mass is 10.0. The predicted molar refractivity (Wildman–Crippen MR) is 181 cm³/mol. The van der Waals surface area contributed by atoms with Crippen LogP contribution in [0.3, 0.4) is 0 Å². The molecule has 2 heteroatoms. The number of allylic oxidation sites excluding steroid dienone is 4. The van der Waals surface area contributed by atoms with E-state index in [0.29, 0.717) is 0 Å². The van der Waals surface area contributed by atoms with Gasteiger partial charge in [0.05, 0.1) is 0 Å². The van der Waals surface area contributed by atoms with Crippen LogP contribution in [0.5, 0.6) is 0 Å². The Morgan fingerprint density at radius 2 is 1.02 bits per heavy atom. The van der Waals surface area contributed by atoms with E-state index in [1.807, 2.05) is 0 Å². The molecule has 0 bridgehead atoms. The molecule has 0 fully saturated rings. The fourth-order valence-electron chi connectivity index (χ4n) is 5.32. The third-order valence-corrected chi connectivity index (χ3v) is 7.60. The van der Waals surface area contributed by atoms with Gasteiger partial charge < -0.3 is 9.80 Å². The summed E-state index contributed by atoms with van der Waals surface area (Å²) in [6.45, 7) is 4.26. The quantitative estimate of drug-likeness (QED) is 0.211. The van der Waals surface area contributed by atoms with Gasteiger partial charge in [-0.2, -0.15) is 0 Å². The number of anilines is 4. The topological polar surface area (TPSA) is 6.48 Å². The minimum absolute atomic E-state index is 0.847. The Balaban J connectivity index is 1.29. The highest BCUT2D eigenvalue weighted by Crippen LogP contribution is 2.36. The Morgan fingerprint density at radius 3 is 1.71 bits per heavy atom. The van der Waals surface area contributed by atoms with Crippen LogP contribution in [0.1, 0.15) is 6.42 Å². The van der Waals surface area contributed by atoms with Crippen LogP contribution in [0.15, 0.2) is 170 Å². The lowest BCUT2D eigenvalue weighted by molar-refractivity contribution is 1.12. The van der Waals surface area contributed by atoms with Crippen molar-refractivity contribution in [1.82, 2.24) is 0 Å². The number of nitrogens with zero attached hydrogens (tertiary/aromatic N) is 2. The standard InChI is InChI=1S/C40H34N2/c1-31-20-23-36(19-11-16-33-14-9-10-15-35(33)30-31)41(2)37-26-28-40(29-27-37)42(38-17-7-4-8-18-38)39-24-21-34(22-25-39)32-12-5-3-6-13-32/h3-10,12-30H,1,11H2,2H3/b23-20-,33-16-,35-30-,36-19+. The third-order valence-electron chi connectivity index (χ3n) is 7.60. The number of fused-ring (bicyclic) bond motifs is 1. The van der Waals surface area contributed by atoms with E-state index in [4.69, 9.17) is 0 Å². The summed E-state index contributed by atoms with van der Waals surface area (Å²) in [5.74, 6) is 0. The molecule has 5 aromatic carbocycles. The molecule has 0 atom stereocenters. The van der Waals surface area contributed by atoms with Gasteiger partial charge >= 0.3 is 0 Å². The molecule has 6 rings (SSSR count). The van der Waals surface area contributed by atoms with Crippen molar-refractivity contribution in [3.05, 3.63) is 180 Å². The van der Waals surface area contributed by atoms with E-state index in [2.05, 4.69) is 187 Å². The molecule has 0 radical (unpaired) electrons. The Morgan fingerprint density at radius 1 is 0.500 bits per heavy atom. The van der Waals surface area contributed by atoms with Crippen LogP contribution in [0.2, 0.25) is 0 Å². The van der Waals surface area contributed by atoms with E-state index < -0.39 is 0 Å². The third kappa shape index (κ3) is 6.04. The smallest absolute Gasteiger partial charge is 0.0463 e. The molecule has 5 aromatic rings. The van der Waals surface area contributed by atoms with E-state index in [0.717, 1.165) is 40.4 Å². The maximum Gasteiger partial charge on any atom is 0.0463 e. The molecule has 0 saturated carbocycles. The van der Waals surface area contributed by atoms with Crippen LogP contribution in [0, 0.1) is 0 Å². The van der Waals surface area contributed by atoms with Gasteiger partial charge in [0.1, 0.15) is 0 Å². The number of para-hydroxylation sites is 1. The summed E-state index contributed by atoms with van der Waals surface area (Å²) < 4.78 is 0. The van der Waals surface area contributed by atoms with Crippen molar-refractivity contribution in [3.8, 4) is 11.1 Å². The van der Waals surface area contributed by atoms with Crippen LogP contribution in [0.25, 0.3) is 23.3 Å². The minimum atomic E-state index is 0.847. The first-order valence-corrected chi connectivity index (χ1v) is 14.3. The maximum absolute atomic E-state index is 4.26. The highest BCUT2D eigenvalue weighted by molar-refractivity contribution is 5.79. The van der Waals surface area contributed by atoms with E-state index in [1.54, 1.807) is 0 Å². The first-order valence-electron chi connectivity index (χ1n) is 14.3. The molecule has 0 spiro atoms. The summed E-state index contributed by atoms with van der Waals surface area (Å²) in [5.41, 5.74) is 8.99. The Bertz CT molecular complexity index is 1850. The summed E-state index contributed by atoms with van der Waals surface area (Å²) in [4.78, 5) is 4.53. The maximum atomic E-state index is 4.26. The lowest BCUT2D eigenvalue weighted by Crippen LogP contribution is -2.24. The second kappa shape index (κ2) is 12.4. The summed E-state index contributed by atoms with van der Waals surface area (Å²) in [6.07, 6.45) is 11.8. The zero-order valence-electron chi connectivity index (χ0n) is 23.9. The van der Waals surface area contributed by atoms with Gasteiger partial charge in [-0.3, -0.25) is 0 Å². The average Bonchev–Trinajstić information content (AvgIpc) is 3.05. The first kappa shape index (κ1) is 26.9. The molecule has 1 aliphatic rings. The van der Waals surface area contributed by atoms with Gasteiger partial charge in [0.15, 0.2) is 0 Å². The second-order valence-electron chi connectivity index (χ2n) is 10.4. The Hall–Kier alpha value is -5.34. The summed E-state index contributed by atoms with van der Waals surface area (Å²) >= 11 is 0. The molecular formula is C40H34N2. The zero-order chi connectivity index (χ0) is 28.7. The SMILES string of the molecule is C=C1/C=C\C(N(C)c2ccc(N(c3ccccc3)c3ccc(-c4ccccc4)cc3)cc2)=C/C/C=c2/cccc/c2=C/1. The summed E-state index contributed by atoms with van der Waals surface area (Å²) in [6, 6.07) is 47.1. The van der Waals surface area contributed by atoms with Gasteiger partial charge in [-0.1, -0.05) is 110 Å². The molecule has 0 amide bonds. The van der Waals surface area contributed by atoms with Gasteiger partial charge in [-0.15, -0.1) is 0 Å². The van der Waals surface area contributed by atoms with E-state index in [1.165, 1.54) is 21.6 Å². The highest BCUT2D eigenvalue weighted by atomic mass is 15.1. The van der Waals surface area contributed by atoms with Crippen molar-refractivity contribution in [3.63, 3.8) is 0 Å². The Kier molecular flexibility index (Phi) is 7.96. The molecule has 0 heterocycles. The second-order valence-corrected chi connectivity index (χ2v) is 10.4.